The molecule has 1 aliphatic carbocycles. The monoisotopic (exact) mass is 446 g/mol. The molecule has 0 spiro atoms. The first kappa shape index (κ1) is 20.5. The van der Waals surface area contributed by atoms with Gasteiger partial charge in [0.1, 0.15) is 4.90 Å². The lowest BCUT2D eigenvalue weighted by molar-refractivity contribution is 0.0863. The summed E-state index contributed by atoms with van der Waals surface area (Å²) in [5.74, 6) is -0.911. The lowest BCUT2D eigenvalue weighted by atomic mass is 9.97. The van der Waals surface area contributed by atoms with Crippen LogP contribution in [0.25, 0.3) is 0 Å². The van der Waals surface area contributed by atoms with E-state index in [9.17, 15) is 18.0 Å². The maximum Gasteiger partial charge on any atom is 0.269 e. The standard InChI is InChI=1S/C25H22N2O4S/c1-16-7-9-18(10-8-16)23(17-5-3-2-4-6-17)26-24(28)19-11-14-21-22(15-19)32(30,31)27(25(21)29)20-12-13-20/h2-11,14-15,20,23H,12-13H2,1H3,(H,26,28). The molecule has 1 saturated carbocycles. The van der Waals surface area contributed by atoms with Crippen LogP contribution in [0.4, 0.5) is 0 Å². The molecular weight excluding hydrogens is 424 g/mol. The topological polar surface area (TPSA) is 83.6 Å². The molecule has 1 heterocycles. The van der Waals surface area contributed by atoms with Crippen LogP contribution in [0.3, 0.4) is 0 Å². The molecule has 1 fully saturated rings. The third-order valence-corrected chi connectivity index (χ3v) is 7.78. The number of carbonyl (C=O) groups excluding carboxylic acids is 2. The van der Waals surface area contributed by atoms with Crippen LogP contribution in [0, 0.1) is 6.92 Å². The number of hydrogen-bond donors (Lipinski definition) is 1. The minimum absolute atomic E-state index is 0.0892. The molecule has 1 aliphatic heterocycles. The van der Waals surface area contributed by atoms with Gasteiger partial charge < -0.3 is 5.32 Å². The van der Waals surface area contributed by atoms with Gasteiger partial charge in [-0.25, -0.2) is 12.7 Å². The summed E-state index contributed by atoms with van der Waals surface area (Å²) < 4.78 is 26.8. The predicted octanol–water partition coefficient (Wildman–Crippen LogP) is 3.82. The number of carbonyl (C=O) groups is 2. The Morgan fingerprint density at radius 2 is 1.62 bits per heavy atom. The number of aryl methyl sites for hydroxylation is 1. The van der Waals surface area contributed by atoms with E-state index < -0.39 is 27.9 Å². The Bertz CT molecular complexity index is 1310. The molecule has 1 unspecified atom stereocenters. The summed E-state index contributed by atoms with van der Waals surface area (Å²) in [6.45, 7) is 2.00. The first-order valence-corrected chi connectivity index (χ1v) is 12.0. The number of amides is 2. The first-order valence-electron chi connectivity index (χ1n) is 10.5. The zero-order valence-electron chi connectivity index (χ0n) is 17.5. The van der Waals surface area contributed by atoms with Gasteiger partial charge in [0.2, 0.25) is 0 Å². The Hall–Kier alpha value is -3.45. The van der Waals surface area contributed by atoms with Crippen LogP contribution in [0.2, 0.25) is 0 Å². The van der Waals surface area contributed by atoms with E-state index in [1.165, 1.54) is 18.2 Å². The third-order valence-electron chi connectivity index (χ3n) is 5.91. The molecular formula is C25H22N2O4S. The fraction of sp³-hybridized carbons (Fsp3) is 0.200. The number of benzene rings is 3. The molecule has 0 bridgehead atoms. The van der Waals surface area contributed by atoms with Crippen molar-refractivity contribution in [2.24, 2.45) is 0 Å². The molecule has 3 aromatic rings. The number of nitrogens with zero attached hydrogens (tertiary/aromatic N) is 1. The molecule has 2 aliphatic rings. The fourth-order valence-electron chi connectivity index (χ4n) is 4.04. The van der Waals surface area contributed by atoms with Gasteiger partial charge in [0.05, 0.1) is 11.6 Å². The second-order valence-corrected chi connectivity index (χ2v) is 10.1. The quantitative estimate of drug-likeness (QED) is 0.646. The number of sulfonamides is 1. The van der Waals surface area contributed by atoms with E-state index in [0.717, 1.165) is 21.0 Å². The van der Waals surface area contributed by atoms with Gasteiger partial charge in [-0.2, -0.15) is 0 Å². The normalized spacial score (nSPS) is 17.7. The highest BCUT2D eigenvalue weighted by atomic mass is 32.2. The Kier molecular flexibility index (Phi) is 4.86. The summed E-state index contributed by atoms with van der Waals surface area (Å²) in [7, 11) is -3.92. The fourth-order valence-corrected chi connectivity index (χ4v) is 5.88. The van der Waals surface area contributed by atoms with Gasteiger partial charge in [0.25, 0.3) is 21.8 Å². The van der Waals surface area contributed by atoms with Gasteiger partial charge in [-0.3, -0.25) is 9.59 Å². The lowest BCUT2D eigenvalue weighted by Gasteiger charge is -2.20. The van der Waals surface area contributed by atoms with Gasteiger partial charge >= 0.3 is 0 Å². The molecule has 0 saturated heterocycles. The van der Waals surface area contributed by atoms with Crippen LogP contribution in [0.15, 0.2) is 77.7 Å². The van der Waals surface area contributed by atoms with Gasteiger partial charge in [-0.05, 0) is 49.1 Å². The highest BCUT2D eigenvalue weighted by Gasteiger charge is 2.48. The van der Waals surface area contributed by atoms with E-state index >= 15 is 0 Å². The molecule has 0 radical (unpaired) electrons. The van der Waals surface area contributed by atoms with Gasteiger partial charge in [0.15, 0.2) is 0 Å². The average Bonchev–Trinajstić information content (AvgIpc) is 3.60. The summed E-state index contributed by atoms with van der Waals surface area (Å²) in [4.78, 5) is 25.7. The highest BCUT2D eigenvalue weighted by molar-refractivity contribution is 7.90. The Balaban J connectivity index is 1.48. The van der Waals surface area contributed by atoms with Crippen LogP contribution in [-0.4, -0.2) is 30.6 Å². The van der Waals surface area contributed by atoms with Crippen LogP contribution < -0.4 is 5.32 Å². The van der Waals surface area contributed by atoms with E-state index in [1.807, 2.05) is 61.5 Å². The van der Waals surface area contributed by atoms with Gasteiger partial charge in [0, 0.05) is 11.6 Å². The zero-order valence-corrected chi connectivity index (χ0v) is 18.3. The lowest BCUT2D eigenvalue weighted by Crippen LogP contribution is -2.32. The molecule has 2 amide bonds. The SMILES string of the molecule is Cc1ccc(C(NC(=O)c2ccc3c(c2)S(=O)(=O)N(C2CC2)C3=O)c2ccccc2)cc1. The van der Waals surface area contributed by atoms with Gasteiger partial charge in [-0.1, -0.05) is 60.2 Å². The smallest absolute Gasteiger partial charge is 0.269 e. The molecule has 6 nitrogen and oxygen atoms in total. The minimum Gasteiger partial charge on any atom is -0.341 e. The van der Waals surface area contributed by atoms with Crippen molar-refractivity contribution in [3.8, 4) is 0 Å². The zero-order chi connectivity index (χ0) is 22.5. The average molecular weight is 447 g/mol. The second kappa shape index (κ2) is 7.60. The molecule has 32 heavy (non-hydrogen) atoms. The summed E-state index contributed by atoms with van der Waals surface area (Å²) >= 11 is 0. The molecule has 7 heteroatoms. The second-order valence-electron chi connectivity index (χ2n) is 8.28. The van der Waals surface area contributed by atoms with Crippen molar-refractivity contribution in [3.05, 3.63) is 101 Å². The molecule has 3 aromatic carbocycles. The summed E-state index contributed by atoms with van der Waals surface area (Å²) in [6.07, 6.45) is 1.36. The summed E-state index contributed by atoms with van der Waals surface area (Å²) in [5.41, 5.74) is 3.27. The van der Waals surface area contributed by atoms with Gasteiger partial charge in [-0.15, -0.1) is 0 Å². The van der Waals surface area contributed by atoms with Crippen molar-refractivity contribution in [1.29, 1.82) is 0 Å². The van der Waals surface area contributed by atoms with E-state index in [2.05, 4.69) is 5.32 Å². The Morgan fingerprint density at radius 1 is 0.969 bits per heavy atom. The van der Waals surface area contributed by atoms with Crippen molar-refractivity contribution < 1.29 is 18.0 Å². The maximum atomic E-state index is 13.2. The van der Waals surface area contributed by atoms with Crippen LogP contribution >= 0.6 is 0 Å². The predicted molar refractivity (Wildman–Crippen MR) is 120 cm³/mol. The highest BCUT2D eigenvalue weighted by Crippen LogP contribution is 2.39. The van der Waals surface area contributed by atoms with E-state index in [1.54, 1.807) is 0 Å². The third kappa shape index (κ3) is 3.48. The van der Waals surface area contributed by atoms with Crippen molar-refractivity contribution in [3.63, 3.8) is 0 Å². The van der Waals surface area contributed by atoms with Crippen molar-refractivity contribution in [1.82, 2.24) is 9.62 Å². The summed E-state index contributed by atoms with van der Waals surface area (Å²) in [5, 5.41) is 3.03. The largest absolute Gasteiger partial charge is 0.341 e. The molecule has 5 rings (SSSR count). The Labute approximate surface area is 186 Å². The molecule has 0 aromatic heterocycles. The van der Waals surface area contributed by atoms with Crippen molar-refractivity contribution in [2.45, 2.75) is 36.7 Å². The van der Waals surface area contributed by atoms with Crippen molar-refractivity contribution >= 4 is 21.8 Å². The maximum absolute atomic E-state index is 13.2. The number of fused-ring (bicyclic) bond motifs is 1. The number of nitrogens with one attached hydrogen (secondary N) is 1. The van der Waals surface area contributed by atoms with Crippen LogP contribution in [0.1, 0.15) is 56.3 Å². The number of hydrogen-bond acceptors (Lipinski definition) is 4. The minimum atomic E-state index is -3.92. The molecule has 162 valence electrons. The van der Waals surface area contributed by atoms with E-state index in [-0.39, 0.29) is 22.1 Å². The molecule has 1 N–H and O–H groups in total. The Morgan fingerprint density at radius 3 is 2.28 bits per heavy atom. The van der Waals surface area contributed by atoms with E-state index in [4.69, 9.17) is 0 Å². The van der Waals surface area contributed by atoms with Crippen molar-refractivity contribution in [2.75, 3.05) is 0 Å². The van der Waals surface area contributed by atoms with Crippen LogP contribution in [-0.2, 0) is 10.0 Å². The summed E-state index contributed by atoms with van der Waals surface area (Å²) in [6, 6.07) is 21.1. The number of rotatable bonds is 5. The van der Waals surface area contributed by atoms with Crippen LogP contribution in [0.5, 0.6) is 0 Å². The first-order chi connectivity index (χ1) is 15.4. The van der Waals surface area contributed by atoms with E-state index in [0.29, 0.717) is 12.8 Å². The molecule has 1 atom stereocenters.